The van der Waals surface area contributed by atoms with Crippen LogP contribution in [-0.2, 0) is 0 Å². The Labute approximate surface area is 597 Å². The third kappa shape index (κ3) is 17.0. The summed E-state index contributed by atoms with van der Waals surface area (Å²) in [6, 6.07) is 0. The van der Waals surface area contributed by atoms with Gasteiger partial charge in [-0.05, 0) is 181 Å². The number of aliphatic hydroxyl groups is 8. The monoisotopic (exact) mass is 1350 g/mol. The molecule has 0 spiro atoms. The molecular formula is C91H126O8. The van der Waals surface area contributed by atoms with Crippen molar-refractivity contribution >= 4 is 0 Å². The first kappa shape index (κ1) is 77.7. The van der Waals surface area contributed by atoms with Gasteiger partial charge in [-0.25, -0.2) is 0 Å². The van der Waals surface area contributed by atoms with Crippen molar-refractivity contribution < 1.29 is 40.9 Å². The lowest BCUT2D eigenvalue weighted by atomic mass is 9.67. The molecule has 9 aliphatic rings. The molecule has 0 heterocycles. The van der Waals surface area contributed by atoms with Gasteiger partial charge in [0.25, 0.3) is 0 Å². The van der Waals surface area contributed by atoms with Gasteiger partial charge >= 0.3 is 0 Å². The molecule has 0 radical (unpaired) electrons. The highest BCUT2D eigenvalue weighted by molar-refractivity contribution is 5.50. The zero-order chi connectivity index (χ0) is 73.6. The summed E-state index contributed by atoms with van der Waals surface area (Å²) in [5.74, 6) is -0.479. The van der Waals surface area contributed by atoms with E-state index in [1.165, 1.54) is 0 Å². The standard InChI is InChI=1S/C91H126O8/c1-25-89(19,20)73-46-62-31-58-42-70(86(10,11)12)40-56(78(58)94)29-54-38-68(84(4,5)6)36-52(76(54)92)28-53-37-69(85(7,8)9)39-55(77(53)93)30-57-41-71(87(13,14)15)43-59(79(57)95)32-64-48-74(90(21,22)26-2)50-66(82(64)98)35-67-51-75(91(23,24)27-3)49-65(83(67)99)34-61-45-72(88(16,17)18)44-60(80(61)96)33-63(47-73)81(62)97/h3,25-26,36-51,53-54,58-60,62,66-67,76-83,92-99H,1-2,28-35H2,4-24H3. The molecule has 16 bridgehead atoms. The molecule has 0 aromatic carbocycles. The molecule has 16 unspecified atom stereocenters. The van der Waals surface area contributed by atoms with Crippen LogP contribution in [-0.4, -0.2) is 89.7 Å². The Balaban J connectivity index is 1.20. The second-order valence-corrected chi connectivity index (χ2v) is 38.1. The zero-order valence-corrected chi connectivity index (χ0v) is 64.4. The van der Waals surface area contributed by atoms with Crippen LogP contribution >= 0.6 is 0 Å². The number of terminal acetylenes is 1. The highest BCUT2D eigenvalue weighted by Crippen LogP contribution is 2.51. The molecule has 0 aromatic rings. The molecule has 0 aromatic heterocycles. The summed E-state index contributed by atoms with van der Waals surface area (Å²) in [4.78, 5) is 0. The SMILES string of the molecule is C#CC(C)(C)C1=CC2CC3C=C(C(C)(C)C=C)C=C(CC4C=C(C(C)(C)C)C=C(CC5=CC(C(C)(C)C)=CC(CC6=CC(C(C)(C)C)=CC(CC7=CC(C(C)(C)C)=CC(CC8C=C(C(C)(C)C=C)C=C(CC9C=C(C(C)(C)C)C=C(CC(=C1)C2O)C9O)C8O)C7O)C6O)C5O)C4O)C3O. The van der Waals surface area contributed by atoms with Crippen molar-refractivity contribution in [2.45, 2.75) is 246 Å². The average Bonchev–Trinajstić information content (AvgIpc) is 0.781. The Kier molecular flexibility index (Phi) is 22.2. The van der Waals surface area contributed by atoms with E-state index in [0.717, 1.165) is 89.2 Å². The number of hydrogen-bond acceptors (Lipinski definition) is 8. The maximum Gasteiger partial charge on any atom is 0.0822 e. The molecule has 1 fully saturated rings. The van der Waals surface area contributed by atoms with E-state index < -0.39 is 112 Å². The molecule has 8 N–H and O–H groups in total. The van der Waals surface area contributed by atoms with Crippen LogP contribution in [0.15, 0.2) is 212 Å². The average molecular weight is 1350 g/mol. The van der Waals surface area contributed by atoms with E-state index in [9.17, 15) is 40.9 Å². The molecule has 0 aliphatic heterocycles. The van der Waals surface area contributed by atoms with Crippen molar-refractivity contribution in [3.63, 3.8) is 0 Å². The van der Waals surface area contributed by atoms with E-state index in [1.807, 2.05) is 32.1 Å². The number of allylic oxidation sites excluding steroid dienone is 18. The van der Waals surface area contributed by atoms with Gasteiger partial charge in [0.2, 0.25) is 0 Å². The fourth-order valence-corrected chi connectivity index (χ4v) is 16.3. The Morgan fingerprint density at radius 3 is 0.717 bits per heavy atom. The minimum atomic E-state index is -1.00. The van der Waals surface area contributed by atoms with Crippen LogP contribution in [0.25, 0.3) is 0 Å². The van der Waals surface area contributed by atoms with Crippen LogP contribution in [0.3, 0.4) is 0 Å². The molecule has 538 valence electrons. The number of hydrogen-bond donors (Lipinski definition) is 8. The lowest BCUT2D eigenvalue weighted by Gasteiger charge is -2.40. The second kappa shape index (κ2) is 28.3. The first-order valence-corrected chi connectivity index (χ1v) is 37.2. The minimum Gasteiger partial charge on any atom is -0.388 e. The normalized spacial score (nSPS) is 32.8. The van der Waals surface area contributed by atoms with Crippen molar-refractivity contribution in [1.82, 2.24) is 0 Å². The number of rotatable bonds is 5. The molecule has 8 nitrogen and oxygen atoms in total. The second-order valence-electron chi connectivity index (χ2n) is 38.1. The zero-order valence-electron chi connectivity index (χ0n) is 64.4. The first-order valence-electron chi connectivity index (χ1n) is 37.2. The van der Waals surface area contributed by atoms with Crippen LogP contribution in [0.1, 0.15) is 197 Å². The van der Waals surface area contributed by atoms with Gasteiger partial charge in [-0.3, -0.25) is 0 Å². The summed E-state index contributed by atoms with van der Waals surface area (Å²) in [5, 5.41) is 104. The fraction of sp³-hybridized carbons (Fsp3) is 0.582. The maximum absolute atomic E-state index is 13.1. The third-order valence-electron chi connectivity index (χ3n) is 23.9. The largest absolute Gasteiger partial charge is 0.388 e. The predicted octanol–water partition coefficient (Wildman–Crippen LogP) is 18.2. The predicted molar refractivity (Wildman–Crippen MR) is 410 cm³/mol. The molecular weight excluding hydrogens is 1220 g/mol. The van der Waals surface area contributed by atoms with Gasteiger partial charge in [-0.1, -0.05) is 247 Å². The molecule has 8 heteroatoms. The molecule has 0 saturated heterocycles. The molecule has 9 rings (SSSR count). The molecule has 0 amide bonds. The van der Waals surface area contributed by atoms with Gasteiger partial charge in [0.1, 0.15) is 0 Å². The van der Waals surface area contributed by atoms with Gasteiger partial charge in [0.05, 0.1) is 54.2 Å². The summed E-state index contributed by atoms with van der Waals surface area (Å²) in [5.41, 5.74) is 11.2. The molecule has 1 saturated carbocycles. The Hall–Kier alpha value is -5.44. The lowest BCUT2D eigenvalue weighted by Crippen LogP contribution is -2.37. The Morgan fingerprint density at radius 2 is 0.475 bits per heavy atom. The van der Waals surface area contributed by atoms with Crippen LogP contribution in [0.4, 0.5) is 0 Å². The minimum absolute atomic E-state index is 0.253. The van der Waals surface area contributed by atoms with E-state index >= 15 is 0 Å². The van der Waals surface area contributed by atoms with Gasteiger partial charge in [-0.2, -0.15) is 0 Å². The molecule has 99 heavy (non-hydrogen) atoms. The van der Waals surface area contributed by atoms with Crippen LogP contribution in [0.2, 0.25) is 0 Å². The van der Waals surface area contributed by atoms with E-state index in [1.54, 1.807) is 0 Å². The van der Waals surface area contributed by atoms with Crippen molar-refractivity contribution in [2.24, 2.45) is 90.7 Å². The highest BCUT2D eigenvalue weighted by atomic mass is 16.3. The van der Waals surface area contributed by atoms with Gasteiger partial charge < -0.3 is 40.9 Å². The smallest absolute Gasteiger partial charge is 0.0822 e. The van der Waals surface area contributed by atoms with Crippen LogP contribution in [0, 0.1) is 103 Å². The Morgan fingerprint density at radius 1 is 0.293 bits per heavy atom. The summed E-state index contributed by atoms with van der Waals surface area (Å²) in [6.07, 6.45) is 39.7. The van der Waals surface area contributed by atoms with E-state index in [2.05, 4.69) is 242 Å². The maximum atomic E-state index is 13.1. The van der Waals surface area contributed by atoms with Gasteiger partial charge in [-0.15, -0.1) is 19.6 Å². The number of aliphatic hydroxyl groups excluding tert-OH is 8. The lowest BCUT2D eigenvalue weighted by molar-refractivity contribution is 0.0967. The van der Waals surface area contributed by atoms with Crippen molar-refractivity contribution in [3.05, 3.63) is 212 Å². The first-order chi connectivity index (χ1) is 45.5. The summed E-state index contributed by atoms with van der Waals surface area (Å²) < 4.78 is 0. The van der Waals surface area contributed by atoms with Crippen molar-refractivity contribution in [2.75, 3.05) is 0 Å². The Bertz CT molecular complexity index is 3740. The third-order valence-corrected chi connectivity index (χ3v) is 23.9. The van der Waals surface area contributed by atoms with Crippen LogP contribution in [0.5, 0.6) is 0 Å². The van der Waals surface area contributed by atoms with Crippen molar-refractivity contribution in [1.29, 1.82) is 0 Å². The van der Waals surface area contributed by atoms with Crippen LogP contribution < -0.4 is 0 Å². The summed E-state index contributed by atoms with van der Waals surface area (Å²) in [6.45, 7) is 53.9. The summed E-state index contributed by atoms with van der Waals surface area (Å²) in [7, 11) is 0. The van der Waals surface area contributed by atoms with Crippen molar-refractivity contribution in [3.8, 4) is 12.3 Å². The molecule has 16 atom stereocenters. The van der Waals surface area contributed by atoms with Gasteiger partial charge in [0.15, 0.2) is 0 Å². The van der Waals surface area contributed by atoms with Gasteiger partial charge in [0, 0.05) is 58.2 Å². The van der Waals surface area contributed by atoms with E-state index in [-0.39, 0.29) is 33.5 Å². The fourth-order valence-electron chi connectivity index (χ4n) is 16.3. The number of fused-ring (bicyclic) bond motifs is 16. The quantitative estimate of drug-likeness (QED) is 0.0997. The topological polar surface area (TPSA) is 162 Å². The van der Waals surface area contributed by atoms with E-state index in [0.29, 0.717) is 44.9 Å². The summed E-state index contributed by atoms with van der Waals surface area (Å²) >= 11 is 0. The highest BCUT2D eigenvalue weighted by Gasteiger charge is 2.45. The van der Waals surface area contributed by atoms with E-state index in [4.69, 9.17) is 6.42 Å². The molecule has 9 aliphatic carbocycles.